The predicted octanol–water partition coefficient (Wildman–Crippen LogP) is 1.35. The number of nitrogens with zero attached hydrogens (tertiary/aromatic N) is 1. The second-order valence-electron chi connectivity index (χ2n) is 3.95. The first-order valence-corrected chi connectivity index (χ1v) is 7.35. The van der Waals surface area contributed by atoms with Gasteiger partial charge in [0.15, 0.2) is 0 Å². The van der Waals surface area contributed by atoms with Crippen LogP contribution < -0.4 is 5.73 Å². The van der Waals surface area contributed by atoms with Crippen LogP contribution in [0, 0.1) is 0 Å². The van der Waals surface area contributed by atoms with Crippen molar-refractivity contribution >= 4 is 27.2 Å². The molecule has 0 aliphatic heterocycles. The molecule has 0 heterocycles. The first-order chi connectivity index (χ1) is 8.74. The van der Waals surface area contributed by atoms with Crippen molar-refractivity contribution in [2.24, 2.45) is 5.73 Å². The van der Waals surface area contributed by atoms with Crippen LogP contribution in [0.2, 0.25) is 0 Å². The molecule has 0 unspecified atom stereocenters. The molecule has 1 aromatic rings. The molecule has 19 heavy (non-hydrogen) atoms. The Hall–Kier alpha value is -1.12. The number of rotatable bonds is 6. The second kappa shape index (κ2) is 6.36. The normalized spacial score (nSPS) is 12.1. The summed E-state index contributed by atoms with van der Waals surface area (Å²) in [5.74, 6) is -0.413. The summed E-state index contributed by atoms with van der Waals surface area (Å²) in [5.41, 5.74) is 6.33. The average molecular weight is 308 g/mol. The van der Waals surface area contributed by atoms with Crippen LogP contribution in [0.15, 0.2) is 24.3 Å². The third kappa shape index (κ3) is 4.48. The maximum absolute atomic E-state index is 12.2. The van der Waals surface area contributed by atoms with Gasteiger partial charge in [0.2, 0.25) is 10.0 Å². The minimum Gasteiger partial charge on any atom is -0.389 e. The Morgan fingerprint density at radius 1 is 1.42 bits per heavy atom. The highest BCUT2D eigenvalue weighted by atomic mass is 32.2. The lowest BCUT2D eigenvalue weighted by atomic mass is 10.1. The lowest BCUT2D eigenvalue weighted by Gasteiger charge is -2.17. The molecule has 0 atom stereocenters. The SMILES string of the molecule is CN(CC(F)F)S(=O)(=O)Cc1ccccc1C(N)=S. The predicted molar refractivity (Wildman–Crippen MR) is 73.6 cm³/mol. The Balaban J connectivity index is 2.99. The van der Waals surface area contributed by atoms with Crippen molar-refractivity contribution < 1.29 is 17.2 Å². The average Bonchev–Trinajstić information content (AvgIpc) is 2.27. The van der Waals surface area contributed by atoms with Crippen molar-refractivity contribution in [2.45, 2.75) is 12.2 Å². The smallest absolute Gasteiger partial charge is 0.252 e. The fourth-order valence-corrected chi connectivity index (χ4v) is 2.91. The van der Waals surface area contributed by atoms with Gasteiger partial charge in [-0.1, -0.05) is 36.5 Å². The third-order valence-electron chi connectivity index (χ3n) is 2.49. The number of thiocarbonyl (C=S) groups is 1. The molecule has 0 saturated carbocycles. The summed E-state index contributed by atoms with van der Waals surface area (Å²) in [6, 6.07) is 6.47. The summed E-state index contributed by atoms with van der Waals surface area (Å²) in [7, 11) is -2.71. The summed E-state index contributed by atoms with van der Waals surface area (Å²) in [5, 5.41) is 0. The molecule has 8 heteroatoms. The Labute approximate surface area is 116 Å². The maximum atomic E-state index is 12.2. The standard InChI is InChI=1S/C11H14F2N2O2S2/c1-15(6-10(12)13)19(16,17)7-8-4-2-3-5-9(8)11(14)18/h2-5,10H,6-7H2,1H3,(H2,14,18). The fraction of sp³-hybridized carbons (Fsp3) is 0.364. The molecule has 2 N–H and O–H groups in total. The van der Waals surface area contributed by atoms with Crippen LogP contribution in [0.1, 0.15) is 11.1 Å². The molecule has 0 bridgehead atoms. The van der Waals surface area contributed by atoms with Crippen molar-refractivity contribution in [1.29, 1.82) is 0 Å². The zero-order chi connectivity index (χ0) is 14.6. The molecule has 4 nitrogen and oxygen atoms in total. The second-order valence-corrected chi connectivity index (χ2v) is 6.46. The van der Waals surface area contributed by atoms with E-state index < -0.39 is 28.7 Å². The van der Waals surface area contributed by atoms with Crippen LogP contribution in [0.4, 0.5) is 8.78 Å². The summed E-state index contributed by atoms with van der Waals surface area (Å²) < 4.78 is 48.9. The van der Waals surface area contributed by atoms with Gasteiger partial charge in [-0.15, -0.1) is 0 Å². The van der Waals surface area contributed by atoms with Crippen LogP contribution in [-0.2, 0) is 15.8 Å². The number of nitrogens with two attached hydrogens (primary N) is 1. The summed E-state index contributed by atoms with van der Waals surface area (Å²) in [6.07, 6.45) is -2.72. The monoisotopic (exact) mass is 308 g/mol. The number of sulfonamides is 1. The number of benzene rings is 1. The van der Waals surface area contributed by atoms with Crippen molar-refractivity contribution in [1.82, 2.24) is 4.31 Å². The molecule has 0 saturated heterocycles. The lowest BCUT2D eigenvalue weighted by Crippen LogP contribution is -2.32. The first kappa shape index (κ1) is 15.9. The molecule has 1 aromatic carbocycles. The van der Waals surface area contributed by atoms with Gasteiger partial charge in [-0.3, -0.25) is 0 Å². The molecular weight excluding hydrogens is 294 g/mol. The van der Waals surface area contributed by atoms with E-state index in [-0.39, 0.29) is 4.99 Å². The molecule has 0 aliphatic carbocycles. The van der Waals surface area contributed by atoms with Crippen molar-refractivity contribution in [3.8, 4) is 0 Å². The Morgan fingerprint density at radius 3 is 2.53 bits per heavy atom. The molecule has 106 valence electrons. The van der Waals surface area contributed by atoms with E-state index in [1.807, 2.05) is 0 Å². The summed E-state index contributed by atoms with van der Waals surface area (Å²) in [6.45, 7) is -0.836. The zero-order valence-electron chi connectivity index (χ0n) is 10.2. The van der Waals surface area contributed by atoms with Crippen LogP contribution in [0.3, 0.4) is 0 Å². The van der Waals surface area contributed by atoms with Gasteiger partial charge in [0, 0.05) is 12.6 Å². The van der Waals surface area contributed by atoms with Gasteiger partial charge >= 0.3 is 0 Å². The van der Waals surface area contributed by atoms with Crippen LogP contribution in [0.25, 0.3) is 0 Å². The van der Waals surface area contributed by atoms with E-state index in [2.05, 4.69) is 0 Å². The van der Waals surface area contributed by atoms with Gasteiger partial charge in [0.25, 0.3) is 6.43 Å². The molecule has 0 spiro atoms. The number of halogens is 2. The molecule has 1 rings (SSSR count). The first-order valence-electron chi connectivity index (χ1n) is 5.34. The topological polar surface area (TPSA) is 63.4 Å². The van der Waals surface area contributed by atoms with E-state index in [0.717, 1.165) is 7.05 Å². The number of hydrogen-bond donors (Lipinski definition) is 1. The minimum atomic E-state index is -3.83. The number of hydrogen-bond acceptors (Lipinski definition) is 3. The van der Waals surface area contributed by atoms with E-state index in [1.165, 1.54) is 0 Å². The molecule has 0 aliphatic rings. The Bertz CT molecular complexity index is 562. The highest BCUT2D eigenvalue weighted by Crippen LogP contribution is 2.15. The van der Waals surface area contributed by atoms with Gasteiger partial charge in [-0.25, -0.2) is 17.2 Å². The van der Waals surface area contributed by atoms with E-state index in [1.54, 1.807) is 24.3 Å². The minimum absolute atomic E-state index is 0.0716. The zero-order valence-corrected chi connectivity index (χ0v) is 11.8. The van der Waals surface area contributed by atoms with E-state index in [0.29, 0.717) is 15.4 Å². The molecule has 0 radical (unpaired) electrons. The maximum Gasteiger partial charge on any atom is 0.252 e. The Kier molecular flexibility index (Phi) is 5.33. The lowest BCUT2D eigenvalue weighted by molar-refractivity contribution is 0.126. The van der Waals surface area contributed by atoms with Crippen molar-refractivity contribution in [3.63, 3.8) is 0 Å². The Morgan fingerprint density at radius 2 is 2.00 bits per heavy atom. The fourth-order valence-electron chi connectivity index (χ4n) is 1.50. The number of alkyl halides is 2. The van der Waals surface area contributed by atoms with E-state index in [4.69, 9.17) is 18.0 Å². The molecule has 0 amide bonds. The van der Waals surface area contributed by atoms with Crippen molar-refractivity contribution in [3.05, 3.63) is 35.4 Å². The van der Waals surface area contributed by atoms with Gasteiger partial charge in [-0.05, 0) is 5.56 Å². The third-order valence-corrected chi connectivity index (χ3v) is 4.49. The van der Waals surface area contributed by atoms with E-state index in [9.17, 15) is 17.2 Å². The summed E-state index contributed by atoms with van der Waals surface area (Å²) >= 11 is 4.82. The van der Waals surface area contributed by atoms with Gasteiger partial charge in [0.05, 0.1) is 12.3 Å². The van der Waals surface area contributed by atoms with E-state index >= 15 is 0 Å². The quantitative estimate of drug-likeness (QED) is 0.806. The van der Waals surface area contributed by atoms with Crippen LogP contribution >= 0.6 is 12.2 Å². The van der Waals surface area contributed by atoms with Crippen LogP contribution in [0.5, 0.6) is 0 Å². The molecule has 0 aromatic heterocycles. The highest BCUT2D eigenvalue weighted by molar-refractivity contribution is 7.88. The summed E-state index contributed by atoms with van der Waals surface area (Å²) in [4.78, 5) is 0.0716. The van der Waals surface area contributed by atoms with Crippen LogP contribution in [-0.4, -0.2) is 37.7 Å². The molecular formula is C11H14F2N2O2S2. The van der Waals surface area contributed by atoms with Gasteiger partial charge < -0.3 is 5.73 Å². The largest absolute Gasteiger partial charge is 0.389 e. The van der Waals surface area contributed by atoms with Gasteiger partial charge in [0.1, 0.15) is 4.99 Å². The molecule has 0 fully saturated rings. The van der Waals surface area contributed by atoms with Crippen molar-refractivity contribution in [2.75, 3.05) is 13.6 Å². The highest BCUT2D eigenvalue weighted by Gasteiger charge is 2.23. The van der Waals surface area contributed by atoms with Gasteiger partial charge in [-0.2, -0.15) is 4.31 Å².